The van der Waals surface area contributed by atoms with E-state index in [0.29, 0.717) is 5.92 Å². The zero-order valence-electron chi connectivity index (χ0n) is 16.1. The van der Waals surface area contributed by atoms with Gasteiger partial charge in [0.25, 0.3) is 0 Å². The number of hydrogen-bond acceptors (Lipinski definition) is 1. The van der Waals surface area contributed by atoms with E-state index in [2.05, 4.69) is 48.3 Å². The average molecular weight is 367 g/mol. The first-order valence-electron chi connectivity index (χ1n) is 9.91. The number of benzene rings is 3. The average Bonchev–Trinajstić information content (AvgIpc) is 3.17. The summed E-state index contributed by atoms with van der Waals surface area (Å²) in [6.45, 7) is 2.24. The van der Waals surface area contributed by atoms with E-state index in [-0.39, 0.29) is 11.7 Å². The number of aromatic nitrogens is 1. The van der Waals surface area contributed by atoms with Crippen molar-refractivity contribution in [1.29, 1.82) is 0 Å². The number of aromatic amines is 1. The fourth-order valence-electron chi connectivity index (χ4n) is 4.05. The molecule has 0 spiro atoms. The molecule has 140 valence electrons. The largest absolute Gasteiger partial charge is 0.360 e. The quantitative estimate of drug-likeness (QED) is 0.376. The van der Waals surface area contributed by atoms with Crippen molar-refractivity contribution in [2.45, 2.75) is 25.7 Å². The molecule has 0 saturated carbocycles. The van der Waals surface area contributed by atoms with Gasteiger partial charge >= 0.3 is 0 Å². The van der Waals surface area contributed by atoms with E-state index in [9.17, 15) is 4.79 Å². The van der Waals surface area contributed by atoms with Gasteiger partial charge in [-0.3, -0.25) is 4.79 Å². The standard InChI is InChI=1S/C26H25NO/c1-19(16-20-10-4-2-5-11-20)17-23(21-12-6-3-7-13-21)26(28)24-18-27-25-15-9-8-14-22(24)25/h2-15,18-19,23,27H,16-17H2,1H3/t19?,23-/m1/s1. The number of Topliss-reactive ketones (excluding diaryl/α,β-unsaturated/α-hetero) is 1. The monoisotopic (exact) mass is 367 g/mol. The maximum absolute atomic E-state index is 13.6. The molecule has 28 heavy (non-hydrogen) atoms. The first-order valence-corrected chi connectivity index (χ1v) is 9.91. The van der Waals surface area contributed by atoms with E-state index in [1.54, 1.807) is 0 Å². The van der Waals surface area contributed by atoms with Crippen molar-refractivity contribution in [1.82, 2.24) is 4.98 Å². The van der Waals surface area contributed by atoms with Crippen molar-refractivity contribution in [2.75, 3.05) is 0 Å². The van der Waals surface area contributed by atoms with Crippen LogP contribution in [0.2, 0.25) is 0 Å². The number of rotatable bonds is 7. The third kappa shape index (κ3) is 3.91. The number of nitrogens with one attached hydrogen (secondary N) is 1. The van der Waals surface area contributed by atoms with Gasteiger partial charge in [-0.25, -0.2) is 0 Å². The lowest BCUT2D eigenvalue weighted by molar-refractivity contribution is 0.0949. The Hall–Kier alpha value is -3.13. The first-order chi connectivity index (χ1) is 13.7. The smallest absolute Gasteiger partial charge is 0.172 e. The van der Waals surface area contributed by atoms with Crippen LogP contribution < -0.4 is 0 Å². The van der Waals surface area contributed by atoms with Crippen LogP contribution in [-0.2, 0) is 6.42 Å². The zero-order valence-corrected chi connectivity index (χ0v) is 16.1. The van der Waals surface area contributed by atoms with Crippen LogP contribution in [0.15, 0.2) is 91.1 Å². The van der Waals surface area contributed by atoms with E-state index in [1.807, 2.05) is 54.7 Å². The molecule has 0 radical (unpaired) electrons. The van der Waals surface area contributed by atoms with E-state index in [1.165, 1.54) is 5.56 Å². The maximum Gasteiger partial charge on any atom is 0.172 e. The van der Waals surface area contributed by atoms with Gasteiger partial charge in [0.05, 0.1) is 0 Å². The Morgan fingerprint density at radius 1 is 0.857 bits per heavy atom. The SMILES string of the molecule is CC(Cc1ccccc1)C[C@@H](C(=O)c1c[nH]c2ccccc12)c1ccccc1. The summed E-state index contributed by atoms with van der Waals surface area (Å²) in [5, 5.41) is 1.00. The van der Waals surface area contributed by atoms with Crippen molar-refractivity contribution in [3.8, 4) is 0 Å². The Morgan fingerprint density at radius 2 is 1.50 bits per heavy atom. The summed E-state index contributed by atoms with van der Waals surface area (Å²) in [7, 11) is 0. The van der Waals surface area contributed by atoms with E-state index in [4.69, 9.17) is 0 Å². The van der Waals surface area contributed by atoms with Crippen molar-refractivity contribution >= 4 is 16.7 Å². The summed E-state index contributed by atoms with van der Waals surface area (Å²) < 4.78 is 0. The summed E-state index contributed by atoms with van der Waals surface area (Å²) in [6.07, 6.45) is 3.67. The number of ketones is 1. The Labute approximate surface area is 166 Å². The van der Waals surface area contributed by atoms with Crippen molar-refractivity contribution in [3.05, 3.63) is 108 Å². The molecule has 0 aliphatic heterocycles. The number of hydrogen-bond donors (Lipinski definition) is 1. The molecule has 0 aliphatic carbocycles. The van der Waals surface area contributed by atoms with E-state index in [0.717, 1.165) is 34.9 Å². The lowest BCUT2D eigenvalue weighted by atomic mass is 9.82. The van der Waals surface area contributed by atoms with Gasteiger partial charge < -0.3 is 4.98 Å². The summed E-state index contributed by atoms with van der Waals surface area (Å²) in [5.41, 5.74) is 4.21. The van der Waals surface area contributed by atoms with Crippen LogP contribution in [0.1, 0.15) is 40.7 Å². The van der Waals surface area contributed by atoms with E-state index >= 15 is 0 Å². The van der Waals surface area contributed by atoms with Gasteiger partial charge in [0.15, 0.2) is 5.78 Å². The molecule has 2 atom stereocenters. The van der Waals surface area contributed by atoms with Crippen LogP contribution >= 0.6 is 0 Å². The molecule has 1 unspecified atom stereocenters. The third-order valence-electron chi connectivity index (χ3n) is 5.44. The molecule has 1 heterocycles. The Kier molecular flexibility index (Phi) is 5.38. The van der Waals surface area contributed by atoms with Crippen LogP contribution in [0.4, 0.5) is 0 Å². The summed E-state index contributed by atoms with van der Waals surface area (Å²) >= 11 is 0. The second-order valence-corrected chi connectivity index (χ2v) is 7.61. The van der Waals surface area contributed by atoms with Gasteiger partial charge in [-0.05, 0) is 36.0 Å². The topological polar surface area (TPSA) is 32.9 Å². The molecular weight excluding hydrogens is 342 g/mol. The zero-order chi connectivity index (χ0) is 19.3. The molecule has 1 aromatic heterocycles. The fourth-order valence-corrected chi connectivity index (χ4v) is 4.05. The predicted molar refractivity (Wildman–Crippen MR) is 116 cm³/mol. The van der Waals surface area contributed by atoms with Gasteiger partial charge in [-0.15, -0.1) is 0 Å². The number of H-pyrrole nitrogens is 1. The molecule has 4 aromatic rings. The molecular formula is C26H25NO. The minimum atomic E-state index is -0.140. The van der Waals surface area contributed by atoms with Gasteiger partial charge in [0.1, 0.15) is 0 Å². The van der Waals surface area contributed by atoms with E-state index < -0.39 is 0 Å². The van der Waals surface area contributed by atoms with Gasteiger partial charge in [-0.2, -0.15) is 0 Å². The Bertz CT molecular complexity index is 1050. The highest BCUT2D eigenvalue weighted by Crippen LogP contribution is 2.31. The van der Waals surface area contributed by atoms with Gasteiger partial charge in [0.2, 0.25) is 0 Å². The van der Waals surface area contributed by atoms with Gasteiger partial charge in [-0.1, -0.05) is 85.8 Å². The normalized spacial score (nSPS) is 13.3. The molecule has 0 bridgehead atoms. The lowest BCUT2D eigenvalue weighted by Crippen LogP contribution is -2.17. The number of fused-ring (bicyclic) bond motifs is 1. The third-order valence-corrected chi connectivity index (χ3v) is 5.44. The molecule has 1 N–H and O–H groups in total. The first kappa shape index (κ1) is 18.2. The van der Waals surface area contributed by atoms with Crippen molar-refractivity contribution in [3.63, 3.8) is 0 Å². The fraction of sp³-hybridized carbons (Fsp3) is 0.192. The molecule has 0 amide bonds. The summed E-state index contributed by atoms with van der Waals surface area (Å²) in [6, 6.07) is 28.7. The maximum atomic E-state index is 13.6. The predicted octanol–water partition coefficient (Wildman–Crippen LogP) is 6.40. The second kappa shape index (κ2) is 8.26. The van der Waals surface area contributed by atoms with Crippen LogP contribution in [0.3, 0.4) is 0 Å². The van der Waals surface area contributed by atoms with Crippen LogP contribution in [0.5, 0.6) is 0 Å². The number of carbonyl (C=O) groups is 1. The Morgan fingerprint density at radius 3 is 2.25 bits per heavy atom. The molecule has 2 heteroatoms. The number of carbonyl (C=O) groups excluding carboxylic acids is 1. The molecule has 3 aromatic carbocycles. The Balaban J connectivity index is 1.63. The molecule has 0 aliphatic rings. The highest BCUT2D eigenvalue weighted by molar-refractivity contribution is 6.10. The van der Waals surface area contributed by atoms with Crippen LogP contribution in [0, 0.1) is 5.92 Å². The van der Waals surface area contributed by atoms with Crippen molar-refractivity contribution in [2.24, 2.45) is 5.92 Å². The molecule has 4 rings (SSSR count). The summed E-state index contributed by atoms with van der Waals surface area (Å²) in [5.74, 6) is 0.462. The van der Waals surface area contributed by atoms with Gasteiger partial charge in [0, 0.05) is 28.6 Å². The van der Waals surface area contributed by atoms with Crippen LogP contribution in [-0.4, -0.2) is 10.8 Å². The second-order valence-electron chi connectivity index (χ2n) is 7.61. The number of para-hydroxylation sites is 1. The lowest BCUT2D eigenvalue weighted by Gasteiger charge is -2.21. The minimum absolute atomic E-state index is 0.140. The minimum Gasteiger partial charge on any atom is -0.360 e. The summed E-state index contributed by atoms with van der Waals surface area (Å²) in [4.78, 5) is 16.8. The van der Waals surface area contributed by atoms with Crippen LogP contribution in [0.25, 0.3) is 10.9 Å². The van der Waals surface area contributed by atoms with Crippen molar-refractivity contribution < 1.29 is 4.79 Å². The highest BCUT2D eigenvalue weighted by atomic mass is 16.1. The molecule has 0 saturated heterocycles. The highest BCUT2D eigenvalue weighted by Gasteiger charge is 2.26. The molecule has 0 fully saturated rings. The molecule has 2 nitrogen and oxygen atoms in total.